The van der Waals surface area contributed by atoms with Crippen LogP contribution in [0.15, 0.2) is 22.8 Å². The summed E-state index contributed by atoms with van der Waals surface area (Å²) in [5.41, 5.74) is 0. The molecule has 90 valence electrons. The molecule has 0 unspecified atom stereocenters. The average Bonchev–Trinajstić information content (AvgIpc) is 2.70. The van der Waals surface area contributed by atoms with Crippen molar-refractivity contribution < 1.29 is 9.21 Å². The van der Waals surface area contributed by atoms with Gasteiger partial charge in [-0.15, -0.1) is 0 Å². The Balaban J connectivity index is 2.57. The summed E-state index contributed by atoms with van der Waals surface area (Å²) in [6.07, 6.45) is 1.65. The number of likely N-dealkylation sites (N-methyl/N-ethyl adjacent to an activating group) is 1. The van der Waals surface area contributed by atoms with E-state index < -0.39 is 0 Å². The van der Waals surface area contributed by atoms with E-state index in [-0.39, 0.29) is 17.9 Å². The smallest absolute Gasteiger partial charge is 0.222 e. The van der Waals surface area contributed by atoms with Gasteiger partial charge in [0.25, 0.3) is 0 Å². The zero-order chi connectivity index (χ0) is 12.1. The number of nitrogens with zero attached hydrogens (tertiary/aromatic N) is 1. The van der Waals surface area contributed by atoms with Gasteiger partial charge in [0.15, 0.2) is 0 Å². The fourth-order valence-electron chi connectivity index (χ4n) is 1.42. The van der Waals surface area contributed by atoms with Crippen LogP contribution < -0.4 is 5.32 Å². The quantitative estimate of drug-likeness (QED) is 0.827. The molecule has 1 heterocycles. The van der Waals surface area contributed by atoms with Gasteiger partial charge in [-0.05, 0) is 26.2 Å². The molecule has 1 aromatic heterocycles. The van der Waals surface area contributed by atoms with Crippen molar-refractivity contribution in [3.63, 3.8) is 0 Å². The van der Waals surface area contributed by atoms with Gasteiger partial charge >= 0.3 is 0 Å². The predicted octanol–water partition coefficient (Wildman–Crippen LogP) is 1.65. The number of nitrogens with one attached hydrogen (secondary N) is 1. The number of amides is 1. The van der Waals surface area contributed by atoms with Crippen LogP contribution in [0.1, 0.15) is 25.6 Å². The van der Waals surface area contributed by atoms with Gasteiger partial charge in [0, 0.05) is 12.5 Å². The first kappa shape index (κ1) is 12.8. The number of furan rings is 1. The zero-order valence-electron chi connectivity index (χ0n) is 10.4. The molecule has 16 heavy (non-hydrogen) atoms. The summed E-state index contributed by atoms with van der Waals surface area (Å²) in [5, 5.41) is 2.91. The monoisotopic (exact) mass is 224 g/mol. The highest BCUT2D eigenvalue weighted by atomic mass is 16.3. The molecule has 1 atom stereocenters. The van der Waals surface area contributed by atoms with Crippen LogP contribution in [-0.2, 0) is 4.79 Å². The molecule has 0 saturated carbocycles. The van der Waals surface area contributed by atoms with Crippen LogP contribution in [0, 0.1) is 5.92 Å². The maximum atomic E-state index is 11.5. The van der Waals surface area contributed by atoms with Gasteiger partial charge in [0.05, 0.1) is 12.3 Å². The molecule has 0 saturated heterocycles. The first-order valence-corrected chi connectivity index (χ1v) is 5.50. The molecule has 1 rings (SSSR count). The summed E-state index contributed by atoms with van der Waals surface area (Å²) in [6.45, 7) is 4.33. The Morgan fingerprint density at radius 2 is 2.19 bits per heavy atom. The molecule has 0 aliphatic carbocycles. The number of carbonyl (C=O) groups is 1. The van der Waals surface area contributed by atoms with Crippen molar-refractivity contribution in [2.24, 2.45) is 5.92 Å². The van der Waals surface area contributed by atoms with E-state index in [4.69, 9.17) is 4.42 Å². The summed E-state index contributed by atoms with van der Waals surface area (Å²) < 4.78 is 5.36. The van der Waals surface area contributed by atoms with Crippen molar-refractivity contribution in [1.29, 1.82) is 0 Å². The third-order valence-electron chi connectivity index (χ3n) is 2.49. The Hall–Kier alpha value is -1.29. The molecule has 1 amide bonds. The van der Waals surface area contributed by atoms with Gasteiger partial charge in [-0.2, -0.15) is 0 Å². The third-order valence-corrected chi connectivity index (χ3v) is 2.49. The molecule has 0 aliphatic rings. The van der Waals surface area contributed by atoms with E-state index in [1.807, 2.05) is 45.0 Å². The van der Waals surface area contributed by atoms with E-state index in [0.29, 0.717) is 6.54 Å². The van der Waals surface area contributed by atoms with E-state index in [0.717, 1.165) is 5.76 Å². The molecule has 0 radical (unpaired) electrons. The minimum atomic E-state index is 0.0133. The lowest BCUT2D eigenvalue weighted by atomic mass is 10.1. The van der Waals surface area contributed by atoms with Gasteiger partial charge in [-0.3, -0.25) is 9.69 Å². The highest BCUT2D eigenvalue weighted by molar-refractivity contribution is 5.77. The Kier molecular flexibility index (Phi) is 4.55. The summed E-state index contributed by atoms with van der Waals surface area (Å²) in [6, 6.07) is 3.86. The van der Waals surface area contributed by atoms with Crippen molar-refractivity contribution in [2.45, 2.75) is 19.9 Å². The number of rotatable bonds is 5. The largest absolute Gasteiger partial charge is 0.468 e. The van der Waals surface area contributed by atoms with E-state index in [1.165, 1.54) is 0 Å². The molecule has 4 heteroatoms. The van der Waals surface area contributed by atoms with E-state index in [9.17, 15) is 4.79 Å². The first-order valence-electron chi connectivity index (χ1n) is 5.50. The van der Waals surface area contributed by atoms with Gasteiger partial charge in [-0.25, -0.2) is 0 Å². The normalized spacial score (nSPS) is 13.1. The predicted molar refractivity (Wildman–Crippen MR) is 63.0 cm³/mol. The SMILES string of the molecule is CC(C)C(=O)NC[C@@H](c1ccco1)N(C)C. The molecular weight excluding hydrogens is 204 g/mol. The molecule has 0 fully saturated rings. The first-order chi connectivity index (χ1) is 7.52. The van der Waals surface area contributed by atoms with Crippen molar-refractivity contribution in [3.05, 3.63) is 24.2 Å². The lowest BCUT2D eigenvalue weighted by molar-refractivity contribution is -0.124. The van der Waals surface area contributed by atoms with Crippen molar-refractivity contribution in [2.75, 3.05) is 20.6 Å². The van der Waals surface area contributed by atoms with Gasteiger partial charge in [0.1, 0.15) is 5.76 Å². The molecule has 0 spiro atoms. The minimum absolute atomic E-state index is 0.0133. The Bertz CT molecular complexity index is 318. The van der Waals surface area contributed by atoms with Crippen LogP contribution in [0.2, 0.25) is 0 Å². The lowest BCUT2D eigenvalue weighted by Gasteiger charge is -2.23. The fourth-order valence-corrected chi connectivity index (χ4v) is 1.42. The van der Waals surface area contributed by atoms with Crippen LogP contribution in [0.3, 0.4) is 0 Å². The van der Waals surface area contributed by atoms with E-state index >= 15 is 0 Å². The fraction of sp³-hybridized carbons (Fsp3) is 0.583. The van der Waals surface area contributed by atoms with E-state index in [2.05, 4.69) is 5.32 Å². The zero-order valence-corrected chi connectivity index (χ0v) is 10.4. The Labute approximate surface area is 96.6 Å². The van der Waals surface area contributed by atoms with Gasteiger partial charge in [0.2, 0.25) is 5.91 Å². The summed E-state index contributed by atoms with van der Waals surface area (Å²) in [5.74, 6) is 0.951. The standard InChI is InChI=1S/C12H20N2O2/c1-9(2)12(15)13-8-10(14(3)4)11-6-5-7-16-11/h5-7,9-10H,8H2,1-4H3,(H,13,15)/t10-/m0/s1. The second-order valence-electron chi connectivity index (χ2n) is 4.39. The number of hydrogen-bond acceptors (Lipinski definition) is 3. The highest BCUT2D eigenvalue weighted by Gasteiger charge is 2.18. The van der Waals surface area contributed by atoms with Gasteiger partial charge in [-0.1, -0.05) is 13.8 Å². The lowest BCUT2D eigenvalue weighted by Crippen LogP contribution is -2.36. The third kappa shape index (κ3) is 3.38. The van der Waals surface area contributed by atoms with Crippen LogP contribution in [0.5, 0.6) is 0 Å². The minimum Gasteiger partial charge on any atom is -0.468 e. The molecule has 1 N–H and O–H groups in total. The number of carbonyl (C=O) groups excluding carboxylic acids is 1. The number of hydrogen-bond donors (Lipinski definition) is 1. The maximum absolute atomic E-state index is 11.5. The molecule has 0 aromatic carbocycles. The second kappa shape index (κ2) is 5.70. The van der Waals surface area contributed by atoms with Crippen LogP contribution >= 0.6 is 0 Å². The van der Waals surface area contributed by atoms with Crippen molar-refractivity contribution in [3.8, 4) is 0 Å². The second-order valence-corrected chi connectivity index (χ2v) is 4.39. The molecule has 0 bridgehead atoms. The highest BCUT2D eigenvalue weighted by Crippen LogP contribution is 2.17. The van der Waals surface area contributed by atoms with E-state index in [1.54, 1.807) is 6.26 Å². The summed E-state index contributed by atoms with van der Waals surface area (Å²) >= 11 is 0. The van der Waals surface area contributed by atoms with Crippen LogP contribution in [0.25, 0.3) is 0 Å². The molecular formula is C12H20N2O2. The maximum Gasteiger partial charge on any atom is 0.222 e. The molecule has 0 aliphatic heterocycles. The average molecular weight is 224 g/mol. The molecule has 1 aromatic rings. The molecule has 4 nitrogen and oxygen atoms in total. The summed E-state index contributed by atoms with van der Waals surface area (Å²) in [7, 11) is 3.93. The van der Waals surface area contributed by atoms with Crippen molar-refractivity contribution >= 4 is 5.91 Å². The Morgan fingerprint density at radius 1 is 1.50 bits per heavy atom. The van der Waals surface area contributed by atoms with Crippen LogP contribution in [-0.4, -0.2) is 31.4 Å². The van der Waals surface area contributed by atoms with Crippen LogP contribution in [0.4, 0.5) is 0 Å². The summed E-state index contributed by atoms with van der Waals surface area (Å²) in [4.78, 5) is 13.5. The van der Waals surface area contributed by atoms with Gasteiger partial charge < -0.3 is 9.73 Å². The topological polar surface area (TPSA) is 45.5 Å². The van der Waals surface area contributed by atoms with Crippen molar-refractivity contribution in [1.82, 2.24) is 10.2 Å². The Morgan fingerprint density at radius 3 is 2.62 bits per heavy atom.